The van der Waals surface area contributed by atoms with Gasteiger partial charge >= 0.3 is 0 Å². The molecule has 2 aromatic rings. The molecule has 0 aliphatic carbocycles. The number of hydrogen-bond donors (Lipinski definition) is 0. The van der Waals surface area contributed by atoms with E-state index in [1.165, 1.54) is 5.69 Å². The number of ether oxygens (including phenoxy) is 1. The summed E-state index contributed by atoms with van der Waals surface area (Å²) in [5, 5.41) is 1.28. The largest absolute Gasteiger partial charge is 0.381 e. The lowest BCUT2D eigenvalue weighted by molar-refractivity contribution is 0.0406. The molecule has 2 aliphatic rings. The van der Waals surface area contributed by atoms with Gasteiger partial charge in [-0.2, -0.15) is 0 Å². The molecule has 1 aromatic carbocycles. The van der Waals surface area contributed by atoms with Crippen molar-refractivity contribution in [3.8, 4) is 0 Å². The first-order valence-corrected chi connectivity index (χ1v) is 10.8. The fraction of sp³-hybridized carbons (Fsp3) is 0.500. The third kappa shape index (κ3) is 4.30. The molecule has 0 saturated carbocycles. The van der Waals surface area contributed by atoms with E-state index in [9.17, 15) is 0 Å². The summed E-state index contributed by atoms with van der Waals surface area (Å²) in [5.41, 5.74) is 2.42. The Kier molecular flexibility index (Phi) is 6.42. The van der Waals surface area contributed by atoms with Crippen molar-refractivity contribution in [2.24, 2.45) is 0 Å². The lowest BCUT2D eigenvalue weighted by Gasteiger charge is -2.41. The second-order valence-electron chi connectivity index (χ2n) is 7.76. The van der Waals surface area contributed by atoms with Gasteiger partial charge in [-0.15, -0.1) is 0 Å². The van der Waals surface area contributed by atoms with Crippen LogP contribution in [0.3, 0.4) is 0 Å². The van der Waals surface area contributed by atoms with Crippen molar-refractivity contribution in [3.63, 3.8) is 0 Å². The zero-order valence-corrected chi connectivity index (χ0v) is 17.6. The monoisotopic (exact) mass is 419 g/mol. The predicted molar refractivity (Wildman–Crippen MR) is 116 cm³/mol. The van der Waals surface area contributed by atoms with Gasteiger partial charge in [0.15, 0.2) is 0 Å². The summed E-state index contributed by atoms with van der Waals surface area (Å²) < 4.78 is 5.65. The molecule has 3 heterocycles. The molecule has 0 bridgehead atoms. The summed E-state index contributed by atoms with van der Waals surface area (Å²) in [6.07, 6.45) is 5.16. The third-order valence-electron chi connectivity index (χ3n) is 6.21. The number of aromatic nitrogens is 1. The highest BCUT2D eigenvalue weighted by Gasteiger charge is 2.36. The van der Waals surface area contributed by atoms with E-state index in [4.69, 9.17) is 32.9 Å². The van der Waals surface area contributed by atoms with E-state index >= 15 is 0 Å². The van der Waals surface area contributed by atoms with Crippen LogP contribution in [0.25, 0.3) is 0 Å². The van der Waals surface area contributed by atoms with E-state index in [2.05, 4.69) is 28.0 Å². The molecule has 0 amide bonds. The Balaban J connectivity index is 1.37. The molecule has 0 spiro atoms. The van der Waals surface area contributed by atoms with Crippen molar-refractivity contribution in [2.75, 3.05) is 50.8 Å². The molecule has 150 valence electrons. The summed E-state index contributed by atoms with van der Waals surface area (Å²) >= 11 is 12.6. The van der Waals surface area contributed by atoms with Gasteiger partial charge in [-0.3, -0.25) is 9.88 Å². The number of anilines is 1. The number of nitrogens with zero attached hydrogens (tertiary/aromatic N) is 3. The highest BCUT2D eigenvalue weighted by Crippen LogP contribution is 2.37. The van der Waals surface area contributed by atoms with Crippen molar-refractivity contribution in [2.45, 2.75) is 24.7 Å². The van der Waals surface area contributed by atoms with Gasteiger partial charge in [0.1, 0.15) is 0 Å². The molecule has 2 fully saturated rings. The van der Waals surface area contributed by atoms with Gasteiger partial charge in [0, 0.05) is 56.7 Å². The second kappa shape index (κ2) is 9.00. The summed E-state index contributed by atoms with van der Waals surface area (Å²) in [4.78, 5) is 9.60. The van der Waals surface area contributed by atoms with Crippen LogP contribution in [0.1, 0.15) is 25.0 Å². The average Bonchev–Trinajstić information content (AvgIpc) is 2.76. The van der Waals surface area contributed by atoms with Crippen molar-refractivity contribution >= 4 is 28.9 Å². The van der Waals surface area contributed by atoms with Crippen molar-refractivity contribution in [1.82, 2.24) is 9.88 Å². The summed E-state index contributed by atoms with van der Waals surface area (Å²) in [7, 11) is 0. The van der Waals surface area contributed by atoms with Crippen LogP contribution < -0.4 is 4.90 Å². The maximum atomic E-state index is 6.41. The van der Waals surface area contributed by atoms with Gasteiger partial charge in [0.25, 0.3) is 0 Å². The van der Waals surface area contributed by atoms with Gasteiger partial charge in [0.2, 0.25) is 0 Å². The molecule has 2 aliphatic heterocycles. The van der Waals surface area contributed by atoms with E-state index in [-0.39, 0.29) is 5.41 Å². The minimum atomic E-state index is 0.146. The highest BCUT2D eigenvalue weighted by atomic mass is 35.5. The van der Waals surface area contributed by atoms with Crippen molar-refractivity contribution < 1.29 is 4.74 Å². The average molecular weight is 420 g/mol. The van der Waals surface area contributed by atoms with Crippen LogP contribution in [0.4, 0.5) is 5.69 Å². The van der Waals surface area contributed by atoms with Crippen LogP contribution in [0, 0.1) is 0 Å². The molecule has 0 radical (unpaired) electrons. The summed E-state index contributed by atoms with van der Waals surface area (Å²) in [6.45, 7) is 6.78. The molecule has 28 heavy (non-hydrogen) atoms. The van der Waals surface area contributed by atoms with Gasteiger partial charge in [-0.25, -0.2) is 0 Å². The normalized spacial score (nSPS) is 20.3. The SMILES string of the molecule is Clc1cccc(N2CCN(CCC3(c4ccccn4)CCOCC3)CC2)c1Cl. The third-order valence-corrected chi connectivity index (χ3v) is 7.02. The zero-order chi connectivity index (χ0) is 19.4. The van der Waals surface area contributed by atoms with Gasteiger partial charge < -0.3 is 9.64 Å². The Bertz CT molecular complexity index is 773. The first kappa shape index (κ1) is 20.0. The molecular formula is C22H27Cl2N3O. The van der Waals surface area contributed by atoms with E-state index < -0.39 is 0 Å². The minimum absolute atomic E-state index is 0.146. The number of hydrogen-bond acceptors (Lipinski definition) is 4. The molecule has 1 aromatic heterocycles. The number of piperazine rings is 1. The predicted octanol–water partition coefficient (Wildman–Crippen LogP) is 4.65. The first-order valence-electron chi connectivity index (χ1n) is 10.1. The molecular weight excluding hydrogens is 393 g/mol. The van der Waals surface area contributed by atoms with Crippen LogP contribution in [0.5, 0.6) is 0 Å². The quantitative estimate of drug-likeness (QED) is 0.704. The van der Waals surface area contributed by atoms with Crippen LogP contribution >= 0.6 is 23.2 Å². The van der Waals surface area contributed by atoms with Crippen LogP contribution in [0.15, 0.2) is 42.6 Å². The van der Waals surface area contributed by atoms with Crippen LogP contribution in [-0.2, 0) is 10.2 Å². The Labute approximate surface area is 177 Å². The van der Waals surface area contributed by atoms with E-state index in [1.807, 2.05) is 24.4 Å². The number of pyridine rings is 1. The maximum Gasteiger partial charge on any atom is 0.0825 e. The summed E-state index contributed by atoms with van der Waals surface area (Å²) in [6, 6.07) is 12.2. The Morgan fingerprint density at radius 3 is 2.46 bits per heavy atom. The number of rotatable bonds is 5. The molecule has 2 saturated heterocycles. The molecule has 4 nitrogen and oxygen atoms in total. The first-order chi connectivity index (χ1) is 13.7. The maximum absolute atomic E-state index is 6.41. The molecule has 0 atom stereocenters. The van der Waals surface area contributed by atoms with E-state index in [1.54, 1.807) is 0 Å². The van der Waals surface area contributed by atoms with Crippen molar-refractivity contribution in [1.29, 1.82) is 0 Å². The Hall–Kier alpha value is -1.33. The number of halogens is 2. The Morgan fingerprint density at radius 1 is 0.964 bits per heavy atom. The fourth-order valence-electron chi connectivity index (χ4n) is 4.39. The smallest absolute Gasteiger partial charge is 0.0825 e. The standard InChI is InChI=1S/C22H27Cl2N3O/c23-18-4-3-5-19(21(18)24)27-14-12-26(13-15-27)11-7-22(8-16-28-17-9-22)20-6-1-2-10-25-20/h1-6,10H,7-9,11-17H2. The lowest BCUT2D eigenvalue weighted by Crippen LogP contribution is -2.48. The van der Waals surface area contributed by atoms with Crippen LogP contribution in [-0.4, -0.2) is 55.8 Å². The Morgan fingerprint density at radius 2 is 1.75 bits per heavy atom. The number of benzene rings is 1. The second-order valence-corrected chi connectivity index (χ2v) is 8.54. The van der Waals surface area contributed by atoms with Crippen molar-refractivity contribution in [3.05, 3.63) is 58.3 Å². The van der Waals surface area contributed by atoms with E-state index in [0.29, 0.717) is 10.0 Å². The van der Waals surface area contributed by atoms with E-state index in [0.717, 1.165) is 70.9 Å². The van der Waals surface area contributed by atoms with Gasteiger partial charge in [-0.1, -0.05) is 35.3 Å². The summed E-state index contributed by atoms with van der Waals surface area (Å²) in [5.74, 6) is 0. The minimum Gasteiger partial charge on any atom is -0.381 e. The molecule has 4 rings (SSSR count). The molecule has 6 heteroatoms. The molecule has 0 N–H and O–H groups in total. The zero-order valence-electron chi connectivity index (χ0n) is 16.1. The fourth-order valence-corrected chi connectivity index (χ4v) is 4.81. The lowest BCUT2D eigenvalue weighted by atomic mass is 9.74. The van der Waals surface area contributed by atoms with Gasteiger partial charge in [0.05, 0.1) is 15.7 Å². The molecule has 0 unspecified atom stereocenters. The van der Waals surface area contributed by atoms with Crippen LogP contribution in [0.2, 0.25) is 10.0 Å². The van der Waals surface area contributed by atoms with Gasteiger partial charge in [-0.05, 0) is 50.1 Å². The highest BCUT2D eigenvalue weighted by molar-refractivity contribution is 6.43. The topological polar surface area (TPSA) is 28.6 Å².